The van der Waals surface area contributed by atoms with Crippen molar-refractivity contribution in [1.29, 1.82) is 0 Å². The largest absolute Gasteiger partial charge is 0.301 e. The lowest BCUT2D eigenvalue weighted by Crippen LogP contribution is -2.45. The van der Waals surface area contributed by atoms with Crippen LogP contribution >= 0.6 is 22.7 Å². The summed E-state index contributed by atoms with van der Waals surface area (Å²) in [5.74, 6) is -1.12. The van der Waals surface area contributed by atoms with Crippen molar-refractivity contribution in [2.24, 2.45) is 0 Å². The van der Waals surface area contributed by atoms with Crippen LogP contribution in [0.5, 0.6) is 0 Å². The monoisotopic (exact) mass is 746 g/mol. The Morgan fingerprint density at radius 1 is 0.653 bits per heavy atom. The Bertz CT molecular complexity index is 1950. The van der Waals surface area contributed by atoms with Gasteiger partial charge < -0.3 is 10.6 Å². The molecule has 0 radical (unpaired) electrons. The van der Waals surface area contributed by atoms with Crippen LogP contribution in [-0.4, -0.2) is 59.6 Å². The molecule has 2 aromatic heterocycles. The van der Waals surface area contributed by atoms with Crippen LogP contribution in [0.1, 0.15) is 71.1 Å². The second-order valence-electron chi connectivity index (χ2n) is 12.4. The third-order valence-electron chi connectivity index (χ3n) is 7.94. The van der Waals surface area contributed by atoms with Crippen molar-refractivity contribution in [3.8, 4) is 22.5 Å². The van der Waals surface area contributed by atoms with Crippen LogP contribution in [0.15, 0.2) is 60.7 Å². The number of thiazole rings is 2. The zero-order chi connectivity index (χ0) is 36.6. The Hall–Kier alpha value is -3.46. The highest BCUT2D eigenvalue weighted by molar-refractivity contribution is 7.93. The molecule has 266 valence electrons. The molecule has 0 fully saturated rings. The Labute approximate surface area is 298 Å². The highest BCUT2D eigenvalue weighted by Crippen LogP contribution is 2.33. The van der Waals surface area contributed by atoms with E-state index in [0.717, 1.165) is 38.7 Å². The number of amides is 2. The molecule has 0 aliphatic rings. The summed E-state index contributed by atoms with van der Waals surface area (Å²) in [4.78, 5) is 36.1. The topological polar surface area (TPSA) is 152 Å². The molecule has 49 heavy (non-hydrogen) atoms. The maximum atomic E-state index is 12.6. The standard InChI is InChI=1S/C18H24N2O3S2.C17H22N2O3S2/c1-5-12-25(22,23)18(3,4)16(21)20-17-19-15(14(6-2)24-17)13-10-8-7-9-11-13;1-5-11-24(21,22)17(3,4)15(20)19-16-18-14(12(2)23-16)13-9-7-6-8-10-13/h7-11H,5-6,12H2,1-4H3,(H,19,20,21);6-10H,5,11H2,1-4H3,(H,18,19,20). The van der Waals surface area contributed by atoms with Gasteiger partial charge in [0.2, 0.25) is 11.8 Å². The van der Waals surface area contributed by atoms with Crippen LogP contribution in [0, 0.1) is 6.92 Å². The van der Waals surface area contributed by atoms with Crippen LogP contribution < -0.4 is 10.6 Å². The van der Waals surface area contributed by atoms with Crippen LogP contribution in [-0.2, 0) is 35.7 Å². The molecule has 0 atom stereocenters. The average Bonchev–Trinajstić information content (AvgIpc) is 3.64. The fourth-order valence-electron chi connectivity index (χ4n) is 4.61. The van der Waals surface area contributed by atoms with Crippen molar-refractivity contribution < 1.29 is 26.4 Å². The van der Waals surface area contributed by atoms with Gasteiger partial charge in [-0.25, -0.2) is 26.8 Å². The first-order valence-electron chi connectivity index (χ1n) is 16.1. The maximum Gasteiger partial charge on any atom is 0.247 e. The number of aromatic nitrogens is 2. The normalized spacial score (nSPS) is 12.2. The molecule has 0 aliphatic heterocycles. The van der Waals surface area contributed by atoms with Crippen LogP contribution in [0.25, 0.3) is 22.5 Å². The second-order valence-corrected chi connectivity index (χ2v) is 20.0. The van der Waals surface area contributed by atoms with Gasteiger partial charge in [-0.2, -0.15) is 0 Å². The summed E-state index contributed by atoms with van der Waals surface area (Å²) in [6.07, 6.45) is 1.75. The van der Waals surface area contributed by atoms with Gasteiger partial charge in [0, 0.05) is 20.9 Å². The van der Waals surface area contributed by atoms with Gasteiger partial charge in [-0.3, -0.25) is 9.59 Å². The van der Waals surface area contributed by atoms with Crippen molar-refractivity contribution in [3.05, 3.63) is 70.4 Å². The molecule has 4 aromatic rings. The number of hydrogen-bond donors (Lipinski definition) is 2. The second kappa shape index (κ2) is 16.5. The van der Waals surface area contributed by atoms with Crippen molar-refractivity contribution in [1.82, 2.24) is 9.97 Å². The molecule has 2 heterocycles. The van der Waals surface area contributed by atoms with Crippen LogP contribution in [0.3, 0.4) is 0 Å². The van der Waals surface area contributed by atoms with Gasteiger partial charge in [0.1, 0.15) is 9.49 Å². The van der Waals surface area contributed by atoms with Gasteiger partial charge in [-0.15, -0.1) is 22.7 Å². The number of aryl methyl sites for hydroxylation is 2. The van der Waals surface area contributed by atoms with Gasteiger partial charge in [0.05, 0.1) is 22.9 Å². The number of rotatable bonds is 13. The lowest BCUT2D eigenvalue weighted by molar-refractivity contribution is -0.118. The van der Waals surface area contributed by atoms with E-state index in [1.807, 2.05) is 74.5 Å². The van der Waals surface area contributed by atoms with Crippen LogP contribution in [0.4, 0.5) is 10.3 Å². The molecule has 0 aliphatic carbocycles. The third-order valence-corrected chi connectivity index (χ3v) is 15.3. The zero-order valence-electron chi connectivity index (χ0n) is 29.3. The number of hydrogen-bond acceptors (Lipinski definition) is 10. The molecule has 0 saturated carbocycles. The summed E-state index contributed by atoms with van der Waals surface area (Å²) in [5, 5.41) is 6.21. The van der Waals surface area contributed by atoms with E-state index < -0.39 is 41.0 Å². The molecular weight excluding hydrogens is 701 g/mol. The lowest BCUT2D eigenvalue weighted by Gasteiger charge is -2.22. The van der Waals surface area contributed by atoms with Crippen molar-refractivity contribution in [2.45, 2.75) is 84.1 Å². The SMILES string of the molecule is CCCS(=O)(=O)C(C)(C)C(=O)Nc1nc(-c2ccccc2)c(C)s1.CCCS(=O)(=O)C(C)(C)C(=O)Nc1nc(-c2ccccc2)c(CC)s1. The highest BCUT2D eigenvalue weighted by Gasteiger charge is 2.42. The number of carbonyl (C=O) groups is 2. The van der Waals surface area contributed by atoms with Crippen molar-refractivity contribution in [3.63, 3.8) is 0 Å². The van der Waals surface area contributed by atoms with Crippen molar-refractivity contribution in [2.75, 3.05) is 22.1 Å². The fourth-order valence-corrected chi connectivity index (χ4v) is 9.12. The predicted octanol–water partition coefficient (Wildman–Crippen LogP) is 7.57. The Balaban J connectivity index is 0.000000266. The quantitative estimate of drug-likeness (QED) is 0.142. The van der Waals surface area contributed by atoms with E-state index in [1.54, 1.807) is 13.8 Å². The zero-order valence-corrected chi connectivity index (χ0v) is 32.6. The number of sulfone groups is 2. The molecule has 0 bridgehead atoms. The number of nitrogens with one attached hydrogen (secondary N) is 2. The molecule has 0 spiro atoms. The Morgan fingerprint density at radius 2 is 1.04 bits per heavy atom. The van der Waals surface area contributed by atoms with E-state index in [2.05, 4.69) is 20.6 Å². The van der Waals surface area contributed by atoms with E-state index in [1.165, 1.54) is 50.4 Å². The first kappa shape index (κ1) is 40.0. The molecule has 4 rings (SSSR count). The summed E-state index contributed by atoms with van der Waals surface area (Å²) in [5.41, 5.74) is 3.57. The molecule has 0 saturated heterocycles. The summed E-state index contributed by atoms with van der Waals surface area (Å²) in [6, 6.07) is 19.4. The highest BCUT2D eigenvalue weighted by atomic mass is 32.2. The molecule has 2 aromatic carbocycles. The van der Waals surface area contributed by atoms with E-state index in [0.29, 0.717) is 23.1 Å². The molecule has 2 amide bonds. The van der Waals surface area contributed by atoms with Gasteiger partial charge in [-0.1, -0.05) is 81.4 Å². The smallest absolute Gasteiger partial charge is 0.247 e. The average molecular weight is 747 g/mol. The molecule has 14 heteroatoms. The Morgan fingerprint density at radius 3 is 1.45 bits per heavy atom. The Kier molecular flexibility index (Phi) is 13.5. The van der Waals surface area contributed by atoms with E-state index in [9.17, 15) is 26.4 Å². The number of anilines is 2. The summed E-state index contributed by atoms with van der Waals surface area (Å²) < 4.78 is 46.3. The van der Waals surface area contributed by atoms with E-state index in [4.69, 9.17) is 0 Å². The maximum absolute atomic E-state index is 12.6. The molecule has 2 N–H and O–H groups in total. The van der Waals surface area contributed by atoms with Gasteiger partial charge in [-0.05, 0) is 53.9 Å². The minimum absolute atomic E-state index is 0.0131. The van der Waals surface area contributed by atoms with Gasteiger partial charge in [0.25, 0.3) is 0 Å². The number of carbonyl (C=O) groups excluding carboxylic acids is 2. The summed E-state index contributed by atoms with van der Waals surface area (Å²) >= 11 is 2.72. The van der Waals surface area contributed by atoms with E-state index >= 15 is 0 Å². The number of nitrogens with zero attached hydrogens (tertiary/aromatic N) is 2. The minimum atomic E-state index is -3.53. The van der Waals surface area contributed by atoms with Gasteiger partial charge in [0.15, 0.2) is 29.9 Å². The predicted molar refractivity (Wildman–Crippen MR) is 203 cm³/mol. The van der Waals surface area contributed by atoms with Gasteiger partial charge >= 0.3 is 0 Å². The number of benzene rings is 2. The summed E-state index contributed by atoms with van der Waals surface area (Å²) in [7, 11) is -7.05. The summed E-state index contributed by atoms with van der Waals surface area (Å²) in [6.45, 7) is 13.3. The first-order valence-corrected chi connectivity index (χ1v) is 21.0. The fraction of sp³-hybridized carbons (Fsp3) is 0.429. The molecular formula is C35H46N4O6S4. The molecule has 10 nitrogen and oxygen atoms in total. The first-order chi connectivity index (χ1) is 22.9. The molecule has 0 unspecified atom stereocenters. The van der Waals surface area contributed by atoms with Crippen molar-refractivity contribution >= 4 is 64.4 Å². The lowest BCUT2D eigenvalue weighted by atomic mass is 10.1. The van der Waals surface area contributed by atoms with E-state index in [-0.39, 0.29) is 11.5 Å². The minimum Gasteiger partial charge on any atom is -0.301 e. The third kappa shape index (κ3) is 9.41. The van der Waals surface area contributed by atoms with Crippen LogP contribution in [0.2, 0.25) is 0 Å².